The van der Waals surface area contributed by atoms with Gasteiger partial charge in [0, 0.05) is 6.04 Å². The number of rotatable bonds is 2. The maximum Gasteiger partial charge on any atom is 0.132 e. The van der Waals surface area contributed by atoms with Crippen LogP contribution in [0.25, 0.3) is 0 Å². The molecule has 1 aromatic heterocycles. The van der Waals surface area contributed by atoms with Gasteiger partial charge in [-0.25, -0.2) is 4.98 Å². The van der Waals surface area contributed by atoms with Crippen LogP contribution in [0.4, 0.5) is 5.82 Å². The summed E-state index contributed by atoms with van der Waals surface area (Å²) in [5, 5.41) is 12.8. The van der Waals surface area contributed by atoms with Crippen molar-refractivity contribution in [2.24, 2.45) is 23.7 Å². The zero-order valence-electron chi connectivity index (χ0n) is 9.94. The molecule has 3 nitrogen and oxygen atoms in total. The van der Waals surface area contributed by atoms with E-state index in [-0.39, 0.29) is 0 Å². The van der Waals surface area contributed by atoms with Gasteiger partial charge >= 0.3 is 0 Å². The molecule has 1 aromatic rings. The number of hydrogen-bond donors (Lipinski definition) is 1. The molecule has 1 heterocycles. The van der Waals surface area contributed by atoms with Gasteiger partial charge in [-0.1, -0.05) is 11.6 Å². The van der Waals surface area contributed by atoms with Gasteiger partial charge in [0.05, 0.1) is 11.6 Å². The fraction of sp³-hybridized carbons (Fsp3) is 0.571. The Hall–Kier alpha value is -1.27. The quantitative estimate of drug-likeness (QED) is 0.831. The highest BCUT2D eigenvalue weighted by Crippen LogP contribution is 2.66. The van der Waals surface area contributed by atoms with Crippen LogP contribution in [0.3, 0.4) is 0 Å². The number of nitrogens with one attached hydrogen (secondary N) is 1. The molecule has 92 valence electrons. The van der Waals surface area contributed by atoms with Crippen LogP contribution >= 0.6 is 11.6 Å². The Balaban J connectivity index is 1.54. The van der Waals surface area contributed by atoms with Crippen molar-refractivity contribution in [1.82, 2.24) is 4.98 Å². The maximum absolute atomic E-state index is 8.93. The predicted octanol–water partition coefficient (Wildman–Crippen LogP) is 3.06. The Morgan fingerprint density at radius 2 is 2.00 bits per heavy atom. The average molecular weight is 260 g/mol. The summed E-state index contributed by atoms with van der Waals surface area (Å²) in [5.74, 6) is 4.35. The Morgan fingerprint density at radius 1 is 1.28 bits per heavy atom. The standard InChI is InChI=1S/C14H14ClN3/c15-10-3-7(6-16)4-11(17-10)18-14-12-8-1-2-9(5-8)13(12)14/h3-4,8-9,12-14H,1-2,5H2,(H,17,18). The molecule has 4 atom stereocenters. The molecule has 3 fully saturated rings. The minimum atomic E-state index is 0.394. The van der Waals surface area contributed by atoms with Crippen molar-refractivity contribution < 1.29 is 0 Å². The van der Waals surface area contributed by atoms with Crippen LogP contribution in [0, 0.1) is 35.0 Å². The molecule has 0 radical (unpaired) electrons. The lowest BCUT2D eigenvalue weighted by Crippen LogP contribution is -2.13. The third kappa shape index (κ3) is 1.45. The average Bonchev–Trinajstić information content (AvgIpc) is 2.76. The molecule has 3 aliphatic carbocycles. The molecule has 0 amide bonds. The van der Waals surface area contributed by atoms with Crippen LogP contribution in [0.5, 0.6) is 0 Å². The summed E-state index contributed by atoms with van der Waals surface area (Å²) < 4.78 is 0. The summed E-state index contributed by atoms with van der Waals surface area (Å²) in [6.07, 6.45) is 4.27. The van der Waals surface area contributed by atoms with Gasteiger partial charge < -0.3 is 5.32 Å². The smallest absolute Gasteiger partial charge is 0.132 e. The topological polar surface area (TPSA) is 48.7 Å². The second-order valence-electron chi connectivity index (χ2n) is 5.83. The largest absolute Gasteiger partial charge is 0.367 e. The maximum atomic E-state index is 8.93. The van der Waals surface area contributed by atoms with Crippen molar-refractivity contribution in [3.05, 3.63) is 22.8 Å². The van der Waals surface area contributed by atoms with E-state index >= 15 is 0 Å². The first kappa shape index (κ1) is 10.6. The van der Waals surface area contributed by atoms with E-state index < -0.39 is 0 Å². The minimum absolute atomic E-state index is 0.394. The lowest BCUT2D eigenvalue weighted by atomic mass is 10.0. The monoisotopic (exact) mass is 259 g/mol. The molecule has 3 aliphatic rings. The molecule has 4 rings (SSSR count). The third-order valence-electron chi connectivity index (χ3n) is 4.97. The van der Waals surface area contributed by atoms with E-state index in [1.165, 1.54) is 19.3 Å². The van der Waals surface area contributed by atoms with Crippen molar-refractivity contribution in [2.45, 2.75) is 25.3 Å². The van der Waals surface area contributed by atoms with Crippen LogP contribution < -0.4 is 5.32 Å². The summed E-state index contributed by atoms with van der Waals surface area (Å²) >= 11 is 5.92. The van der Waals surface area contributed by atoms with Gasteiger partial charge in [-0.05, 0) is 55.1 Å². The van der Waals surface area contributed by atoms with E-state index in [4.69, 9.17) is 16.9 Å². The molecular weight excluding hydrogens is 246 g/mol. The molecule has 4 heteroatoms. The number of pyridine rings is 1. The van der Waals surface area contributed by atoms with Crippen LogP contribution in [0.15, 0.2) is 12.1 Å². The van der Waals surface area contributed by atoms with Gasteiger partial charge in [-0.15, -0.1) is 0 Å². The van der Waals surface area contributed by atoms with Crippen molar-refractivity contribution in [1.29, 1.82) is 5.26 Å². The van der Waals surface area contributed by atoms with Crippen LogP contribution in [0.2, 0.25) is 5.15 Å². The summed E-state index contributed by atoms with van der Waals surface area (Å²) in [7, 11) is 0. The molecule has 1 N–H and O–H groups in total. The fourth-order valence-electron chi connectivity index (χ4n) is 4.32. The molecule has 0 spiro atoms. The van der Waals surface area contributed by atoms with Crippen molar-refractivity contribution in [3.8, 4) is 6.07 Å². The first-order chi connectivity index (χ1) is 8.76. The zero-order chi connectivity index (χ0) is 12.3. The number of aromatic nitrogens is 1. The van der Waals surface area contributed by atoms with Gasteiger partial charge in [0.25, 0.3) is 0 Å². The Bertz CT molecular complexity index is 534. The molecule has 0 aromatic carbocycles. The molecule has 3 saturated carbocycles. The summed E-state index contributed by atoms with van der Waals surface area (Å²) in [5.41, 5.74) is 0.575. The second-order valence-corrected chi connectivity index (χ2v) is 6.22. The third-order valence-corrected chi connectivity index (χ3v) is 5.17. The van der Waals surface area contributed by atoms with E-state index in [1.54, 1.807) is 12.1 Å². The van der Waals surface area contributed by atoms with Gasteiger partial charge in [0.1, 0.15) is 11.0 Å². The van der Waals surface area contributed by atoms with Crippen LogP contribution in [0.1, 0.15) is 24.8 Å². The Kier molecular flexibility index (Phi) is 2.14. The van der Waals surface area contributed by atoms with E-state index in [0.29, 0.717) is 16.8 Å². The van der Waals surface area contributed by atoms with E-state index in [9.17, 15) is 0 Å². The second kappa shape index (κ2) is 3.61. The fourth-order valence-corrected chi connectivity index (χ4v) is 4.53. The first-order valence-corrected chi connectivity index (χ1v) is 6.98. The number of nitriles is 1. The number of fused-ring (bicyclic) bond motifs is 5. The highest BCUT2D eigenvalue weighted by molar-refractivity contribution is 6.29. The van der Waals surface area contributed by atoms with Crippen molar-refractivity contribution in [2.75, 3.05) is 5.32 Å². The highest BCUT2D eigenvalue weighted by Gasteiger charge is 2.65. The summed E-state index contributed by atoms with van der Waals surface area (Å²) in [6.45, 7) is 0. The highest BCUT2D eigenvalue weighted by atomic mass is 35.5. The van der Waals surface area contributed by atoms with Gasteiger partial charge in [-0.2, -0.15) is 5.26 Å². The molecule has 4 unspecified atom stereocenters. The van der Waals surface area contributed by atoms with E-state index in [0.717, 1.165) is 29.5 Å². The minimum Gasteiger partial charge on any atom is -0.367 e. The molecule has 0 aliphatic heterocycles. The molecular formula is C14H14ClN3. The first-order valence-electron chi connectivity index (χ1n) is 6.60. The molecule has 0 saturated heterocycles. The van der Waals surface area contributed by atoms with E-state index in [2.05, 4.69) is 16.4 Å². The van der Waals surface area contributed by atoms with Crippen LogP contribution in [-0.2, 0) is 0 Å². The van der Waals surface area contributed by atoms with Gasteiger partial charge in [-0.3, -0.25) is 0 Å². The Morgan fingerprint density at radius 3 is 2.67 bits per heavy atom. The van der Waals surface area contributed by atoms with Crippen molar-refractivity contribution >= 4 is 17.4 Å². The number of halogens is 1. The number of anilines is 1. The molecule has 2 bridgehead atoms. The van der Waals surface area contributed by atoms with Crippen molar-refractivity contribution in [3.63, 3.8) is 0 Å². The summed E-state index contributed by atoms with van der Waals surface area (Å²) in [6, 6.07) is 6.09. The van der Waals surface area contributed by atoms with Crippen LogP contribution in [-0.4, -0.2) is 11.0 Å². The zero-order valence-corrected chi connectivity index (χ0v) is 10.7. The lowest BCUT2D eigenvalue weighted by molar-refractivity contribution is 0.456. The normalized spacial score (nSPS) is 39.2. The van der Waals surface area contributed by atoms with E-state index in [1.807, 2.05) is 0 Å². The predicted molar refractivity (Wildman–Crippen MR) is 69.2 cm³/mol. The SMILES string of the molecule is N#Cc1cc(Cl)nc(NC2C3C4CCC(C4)C23)c1. The Labute approximate surface area is 111 Å². The lowest BCUT2D eigenvalue weighted by Gasteiger charge is -2.11. The van der Waals surface area contributed by atoms with Gasteiger partial charge in [0.15, 0.2) is 0 Å². The number of hydrogen-bond acceptors (Lipinski definition) is 3. The summed E-state index contributed by atoms with van der Waals surface area (Å²) in [4.78, 5) is 4.26. The van der Waals surface area contributed by atoms with Gasteiger partial charge in [0.2, 0.25) is 0 Å². The number of nitrogens with zero attached hydrogens (tertiary/aromatic N) is 2. The molecule has 18 heavy (non-hydrogen) atoms.